The molecule has 1 aliphatic rings. The fourth-order valence-corrected chi connectivity index (χ4v) is 3.41. The molecule has 2 aromatic carbocycles. The molecule has 1 saturated heterocycles. The molecule has 2 aromatic rings. The highest BCUT2D eigenvalue weighted by atomic mass is 16.3. The minimum atomic E-state index is 0.00305. The Morgan fingerprint density at radius 1 is 1.16 bits per heavy atom. The topological polar surface area (TPSA) is 52.6 Å². The highest BCUT2D eigenvalue weighted by molar-refractivity contribution is 5.95. The van der Waals surface area contributed by atoms with Crippen LogP contribution in [0.1, 0.15) is 24.0 Å². The lowest BCUT2D eigenvalue weighted by Gasteiger charge is -2.34. The molecule has 4 heteroatoms. The van der Waals surface area contributed by atoms with E-state index >= 15 is 0 Å². The summed E-state index contributed by atoms with van der Waals surface area (Å²) in [5, 5.41) is 12.4. The smallest absolute Gasteiger partial charge is 0.228 e. The average Bonchev–Trinajstić information content (AvgIpc) is 2.62. The molecule has 1 fully saturated rings. The molecule has 0 atom stereocenters. The Kier molecular flexibility index (Phi) is 5.71. The predicted molar refractivity (Wildman–Crippen MR) is 102 cm³/mol. The van der Waals surface area contributed by atoms with Crippen LogP contribution in [-0.4, -0.2) is 30.7 Å². The number of carbonyl (C=O) groups excluding carboxylic acids is 1. The highest BCUT2D eigenvalue weighted by Gasteiger charge is 2.20. The lowest BCUT2D eigenvalue weighted by molar-refractivity contribution is -0.115. The van der Waals surface area contributed by atoms with Gasteiger partial charge in [0.25, 0.3) is 0 Å². The number of nitrogens with one attached hydrogen (secondary N) is 1. The molecule has 4 nitrogen and oxygen atoms in total. The van der Waals surface area contributed by atoms with E-state index in [2.05, 4.69) is 16.3 Å². The van der Waals surface area contributed by atoms with E-state index in [4.69, 9.17) is 0 Å². The molecule has 25 heavy (non-hydrogen) atoms. The molecule has 2 N–H and O–H groups in total. The van der Waals surface area contributed by atoms with Gasteiger partial charge in [0.15, 0.2) is 0 Å². The lowest BCUT2D eigenvalue weighted by atomic mass is 9.97. The van der Waals surface area contributed by atoms with Crippen LogP contribution in [-0.2, 0) is 11.2 Å². The third kappa shape index (κ3) is 4.60. The molecule has 0 aliphatic carbocycles. The number of aryl methyl sites for hydroxylation is 1. The summed E-state index contributed by atoms with van der Waals surface area (Å²) >= 11 is 0. The Balaban J connectivity index is 1.67. The number of piperidine rings is 1. The van der Waals surface area contributed by atoms with Crippen LogP contribution in [0.3, 0.4) is 0 Å². The number of hydrogen-bond donors (Lipinski definition) is 2. The van der Waals surface area contributed by atoms with Crippen LogP contribution in [0.25, 0.3) is 0 Å². The monoisotopic (exact) mass is 338 g/mol. The first kappa shape index (κ1) is 17.5. The number of benzene rings is 2. The van der Waals surface area contributed by atoms with Gasteiger partial charge in [-0.05, 0) is 43.4 Å². The van der Waals surface area contributed by atoms with Gasteiger partial charge in [-0.2, -0.15) is 0 Å². The summed E-state index contributed by atoms with van der Waals surface area (Å²) in [5.41, 5.74) is 4.12. The Bertz CT molecular complexity index is 721. The van der Waals surface area contributed by atoms with Gasteiger partial charge >= 0.3 is 0 Å². The molecule has 1 aliphatic heterocycles. The zero-order valence-electron chi connectivity index (χ0n) is 14.7. The van der Waals surface area contributed by atoms with Crippen molar-refractivity contribution in [1.82, 2.24) is 0 Å². The van der Waals surface area contributed by atoms with Crippen molar-refractivity contribution in [2.45, 2.75) is 26.2 Å². The van der Waals surface area contributed by atoms with E-state index in [1.165, 1.54) is 0 Å². The zero-order chi connectivity index (χ0) is 17.6. The van der Waals surface area contributed by atoms with Gasteiger partial charge in [0.1, 0.15) is 0 Å². The van der Waals surface area contributed by atoms with Crippen molar-refractivity contribution in [3.05, 3.63) is 59.7 Å². The number of anilines is 2. The molecule has 3 rings (SSSR count). The first-order chi connectivity index (χ1) is 12.2. The van der Waals surface area contributed by atoms with Gasteiger partial charge in [-0.3, -0.25) is 4.79 Å². The first-order valence-corrected chi connectivity index (χ1v) is 8.96. The Hall–Kier alpha value is -2.33. The number of rotatable bonds is 5. The maximum Gasteiger partial charge on any atom is 0.228 e. The summed E-state index contributed by atoms with van der Waals surface area (Å²) in [7, 11) is 0. The van der Waals surface area contributed by atoms with Crippen molar-refractivity contribution in [2.24, 2.45) is 5.92 Å². The van der Waals surface area contributed by atoms with Crippen molar-refractivity contribution in [2.75, 3.05) is 29.9 Å². The second-order valence-corrected chi connectivity index (χ2v) is 6.84. The minimum absolute atomic E-state index is 0.00305. The van der Waals surface area contributed by atoms with E-state index in [-0.39, 0.29) is 12.5 Å². The van der Waals surface area contributed by atoms with Gasteiger partial charge in [-0.15, -0.1) is 0 Å². The van der Waals surface area contributed by atoms with Gasteiger partial charge in [0.2, 0.25) is 5.91 Å². The quantitative estimate of drug-likeness (QED) is 0.879. The van der Waals surface area contributed by atoms with Gasteiger partial charge in [-0.1, -0.05) is 42.0 Å². The molecule has 0 spiro atoms. The number of amides is 1. The molecule has 0 radical (unpaired) electrons. The van der Waals surface area contributed by atoms with Crippen LogP contribution in [0.5, 0.6) is 0 Å². The second-order valence-electron chi connectivity index (χ2n) is 6.84. The van der Waals surface area contributed by atoms with Gasteiger partial charge < -0.3 is 15.3 Å². The summed E-state index contributed by atoms with van der Waals surface area (Å²) in [6.07, 6.45) is 2.35. The Labute approximate surface area is 149 Å². The molecule has 132 valence electrons. The molecule has 0 aromatic heterocycles. The summed E-state index contributed by atoms with van der Waals surface area (Å²) in [6.45, 7) is 4.13. The van der Waals surface area contributed by atoms with E-state index < -0.39 is 0 Å². The van der Waals surface area contributed by atoms with E-state index in [0.29, 0.717) is 12.3 Å². The van der Waals surface area contributed by atoms with E-state index in [9.17, 15) is 9.90 Å². The molecule has 0 saturated carbocycles. The molecule has 1 heterocycles. The highest BCUT2D eigenvalue weighted by Crippen LogP contribution is 2.29. The molecule has 1 amide bonds. The predicted octanol–water partition coefficient (Wildman–Crippen LogP) is 3.38. The van der Waals surface area contributed by atoms with Gasteiger partial charge in [0, 0.05) is 19.7 Å². The van der Waals surface area contributed by atoms with Crippen molar-refractivity contribution in [1.29, 1.82) is 0 Å². The van der Waals surface area contributed by atoms with E-state index in [1.54, 1.807) is 0 Å². The minimum Gasteiger partial charge on any atom is -0.396 e. The van der Waals surface area contributed by atoms with Gasteiger partial charge in [-0.25, -0.2) is 0 Å². The summed E-state index contributed by atoms with van der Waals surface area (Å²) in [6, 6.07) is 16.0. The summed E-state index contributed by atoms with van der Waals surface area (Å²) < 4.78 is 0. The molecular formula is C21H26N2O2. The number of hydrogen-bond acceptors (Lipinski definition) is 3. The second kappa shape index (κ2) is 8.17. The zero-order valence-corrected chi connectivity index (χ0v) is 14.7. The van der Waals surface area contributed by atoms with Crippen LogP contribution in [0, 0.1) is 12.8 Å². The van der Waals surface area contributed by atoms with Crippen LogP contribution in [0.2, 0.25) is 0 Å². The number of aliphatic hydroxyl groups excluding tert-OH is 1. The van der Waals surface area contributed by atoms with Crippen LogP contribution < -0.4 is 10.2 Å². The van der Waals surface area contributed by atoms with Crippen LogP contribution >= 0.6 is 0 Å². The molecule has 0 bridgehead atoms. The van der Waals surface area contributed by atoms with E-state index in [0.717, 1.165) is 48.4 Å². The lowest BCUT2D eigenvalue weighted by Crippen LogP contribution is -2.35. The molecular weight excluding hydrogens is 312 g/mol. The largest absolute Gasteiger partial charge is 0.396 e. The number of carbonyl (C=O) groups is 1. The fourth-order valence-electron chi connectivity index (χ4n) is 3.41. The van der Waals surface area contributed by atoms with Gasteiger partial charge in [0.05, 0.1) is 17.8 Å². The van der Waals surface area contributed by atoms with Crippen LogP contribution in [0.4, 0.5) is 11.4 Å². The van der Waals surface area contributed by atoms with E-state index in [1.807, 2.05) is 49.4 Å². The van der Waals surface area contributed by atoms with Crippen molar-refractivity contribution in [3.8, 4) is 0 Å². The summed E-state index contributed by atoms with van der Waals surface area (Å²) in [5.74, 6) is 0.405. The van der Waals surface area contributed by atoms with Crippen molar-refractivity contribution >= 4 is 17.3 Å². The third-order valence-electron chi connectivity index (χ3n) is 4.84. The Morgan fingerprint density at radius 3 is 2.64 bits per heavy atom. The SMILES string of the molecule is Cc1cccc(CC(=O)Nc2ccccc2N2CCC(CO)CC2)c1. The van der Waals surface area contributed by atoms with Crippen molar-refractivity contribution in [3.63, 3.8) is 0 Å². The Morgan fingerprint density at radius 2 is 1.92 bits per heavy atom. The first-order valence-electron chi connectivity index (χ1n) is 8.96. The third-order valence-corrected chi connectivity index (χ3v) is 4.84. The normalized spacial score (nSPS) is 15.2. The fraction of sp³-hybridized carbons (Fsp3) is 0.381. The number of para-hydroxylation sites is 2. The number of nitrogens with zero attached hydrogens (tertiary/aromatic N) is 1. The number of aliphatic hydroxyl groups is 1. The van der Waals surface area contributed by atoms with Crippen LogP contribution in [0.15, 0.2) is 48.5 Å². The van der Waals surface area contributed by atoms with Crippen molar-refractivity contribution < 1.29 is 9.90 Å². The molecule has 0 unspecified atom stereocenters. The maximum absolute atomic E-state index is 12.5. The maximum atomic E-state index is 12.5. The summed E-state index contributed by atoms with van der Waals surface area (Å²) in [4.78, 5) is 14.8. The standard InChI is InChI=1S/C21H26N2O2/c1-16-5-4-6-18(13-16)14-21(25)22-19-7-2-3-8-20(19)23-11-9-17(15-24)10-12-23/h2-8,13,17,24H,9-12,14-15H2,1H3,(H,22,25). The average molecular weight is 338 g/mol.